The van der Waals surface area contributed by atoms with Gasteiger partial charge in [-0.3, -0.25) is 14.4 Å². The van der Waals surface area contributed by atoms with Crippen molar-refractivity contribution in [1.82, 2.24) is 0 Å². The molecule has 0 radical (unpaired) electrons. The average Bonchev–Trinajstić information content (AvgIpc) is 3.45. The lowest BCUT2D eigenvalue weighted by Gasteiger charge is -2.63. The molecule has 53 heavy (non-hydrogen) atoms. The van der Waals surface area contributed by atoms with E-state index in [1.165, 1.54) is 19.1 Å². The fourth-order valence-corrected chi connectivity index (χ4v) is 10.9. The molecule has 0 aliphatic heterocycles. The van der Waals surface area contributed by atoms with E-state index in [-0.39, 0.29) is 44.3 Å². The molecule has 8 atom stereocenters. The van der Waals surface area contributed by atoms with Gasteiger partial charge in [0.15, 0.2) is 17.1 Å². The van der Waals surface area contributed by atoms with E-state index in [2.05, 4.69) is 0 Å². The van der Waals surface area contributed by atoms with E-state index in [4.69, 9.17) is 9.47 Å². The van der Waals surface area contributed by atoms with Crippen molar-refractivity contribution in [3.05, 3.63) is 131 Å². The molecule has 3 aromatic carbocycles. The van der Waals surface area contributed by atoms with Crippen molar-refractivity contribution in [3.63, 3.8) is 0 Å². The molecule has 4 aliphatic carbocycles. The van der Waals surface area contributed by atoms with Crippen LogP contribution >= 0.6 is 11.8 Å². The highest BCUT2D eigenvalue weighted by atomic mass is 32.2. The van der Waals surface area contributed by atoms with Gasteiger partial charge in [-0.2, -0.15) is 0 Å². The Morgan fingerprint density at radius 3 is 2.04 bits per heavy atom. The van der Waals surface area contributed by atoms with Crippen LogP contribution in [0.15, 0.2) is 115 Å². The number of hydrogen-bond acceptors (Lipinski definition) is 7. The molecule has 0 spiro atoms. The summed E-state index contributed by atoms with van der Waals surface area (Å²) < 4.78 is 60.5. The van der Waals surface area contributed by atoms with Gasteiger partial charge in [0, 0.05) is 16.7 Å². The van der Waals surface area contributed by atoms with Gasteiger partial charge in [-0.05, 0) is 84.7 Å². The van der Waals surface area contributed by atoms with Crippen molar-refractivity contribution in [2.75, 3.05) is 12.6 Å². The topological polar surface area (TPSA) is 89.9 Å². The summed E-state index contributed by atoms with van der Waals surface area (Å²) in [5.74, 6) is -3.00. The highest BCUT2D eigenvalue weighted by molar-refractivity contribution is 8.13. The Morgan fingerprint density at radius 1 is 0.925 bits per heavy atom. The number of carbonyl (C=O) groups excluding carboxylic acids is 3. The highest BCUT2D eigenvalue weighted by Gasteiger charge is 2.76. The Bertz CT molecular complexity index is 1830. The summed E-state index contributed by atoms with van der Waals surface area (Å²) in [5.41, 5.74) is -5.88. The van der Waals surface area contributed by atoms with E-state index in [9.17, 15) is 23.9 Å². The van der Waals surface area contributed by atoms with Crippen molar-refractivity contribution in [2.24, 2.45) is 22.7 Å². The minimum absolute atomic E-state index is 0.0104. The second-order valence-electron chi connectivity index (χ2n) is 15.1. The first-order chi connectivity index (χ1) is 25.4. The molecule has 7 rings (SSSR count). The van der Waals surface area contributed by atoms with Gasteiger partial charge >= 0.3 is 5.97 Å². The molecule has 3 aromatic rings. The Morgan fingerprint density at radius 2 is 1.49 bits per heavy atom. The van der Waals surface area contributed by atoms with Crippen molar-refractivity contribution >= 4 is 28.6 Å². The van der Waals surface area contributed by atoms with Gasteiger partial charge in [0.2, 0.25) is 5.12 Å². The molecule has 6 nitrogen and oxygen atoms in total. The molecule has 3 saturated carbocycles. The summed E-state index contributed by atoms with van der Waals surface area (Å²) in [5, 5.41) is 11.0. The SMILES string of the molecule is C[C@]12C=CC(=O)C=C1[C@@H](F)C[C@H]1[C@@H]3CC[C@](OC(=O)CCOC(c4ccccc4)(c4ccccc4)c4ccccc4)(C(=O)SCF)[C@@]3(C)C[C@H](O)[C@@]12F. The fraction of sp³-hybridized carbons (Fsp3) is 0.419. The molecule has 0 aromatic heterocycles. The number of carbonyl (C=O) groups is 3. The van der Waals surface area contributed by atoms with Gasteiger partial charge in [-0.15, -0.1) is 0 Å². The largest absolute Gasteiger partial charge is 0.449 e. The zero-order chi connectivity index (χ0) is 37.6. The van der Waals surface area contributed by atoms with E-state index in [0.717, 1.165) is 22.8 Å². The minimum Gasteiger partial charge on any atom is -0.449 e. The number of benzene rings is 3. The summed E-state index contributed by atoms with van der Waals surface area (Å²) >= 11 is 0.370. The molecular formula is C43H43F3O6S. The molecule has 278 valence electrons. The second-order valence-corrected chi connectivity index (χ2v) is 16.0. The first-order valence-electron chi connectivity index (χ1n) is 18.1. The number of halogens is 3. The van der Waals surface area contributed by atoms with E-state index < -0.39 is 74.7 Å². The quantitative estimate of drug-likeness (QED) is 0.166. The van der Waals surface area contributed by atoms with Crippen LogP contribution in [0.3, 0.4) is 0 Å². The van der Waals surface area contributed by atoms with Crippen LogP contribution in [0.2, 0.25) is 0 Å². The van der Waals surface area contributed by atoms with Crippen molar-refractivity contribution in [1.29, 1.82) is 0 Å². The predicted molar refractivity (Wildman–Crippen MR) is 196 cm³/mol. The maximum Gasteiger partial charge on any atom is 0.309 e. The van der Waals surface area contributed by atoms with Crippen molar-refractivity contribution < 1.29 is 42.1 Å². The summed E-state index contributed by atoms with van der Waals surface area (Å²) in [4.78, 5) is 40.2. The van der Waals surface area contributed by atoms with Gasteiger partial charge in [0.25, 0.3) is 0 Å². The second kappa shape index (κ2) is 14.0. The first kappa shape index (κ1) is 37.3. The number of fused-ring (bicyclic) bond motifs is 5. The molecule has 0 amide bonds. The number of aliphatic hydroxyl groups excluding tert-OH is 1. The molecule has 3 fully saturated rings. The normalized spacial score (nSPS) is 33.3. The molecule has 1 N–H and O–H groups in total. The van der Waals surface area contributed by atoms with Crippen LogP contribution in [0.4, 0.5) is 13.2 Å². The fourth-order valence-electron chi connectivity index (χ4n) is 10.2. The number of allylic oxidation sites excluding steroid dienone is 4. The number of rotatable bonds is 10. The lowest BCUT2D eigenvalue weighted by atomic mass is 9.44. The van der Waals surface area contributed by atoms with Crippen LogP contribution in [-0.2, 0) is 29.5 Å². The van der Waals surface area contributed by atoms with Gasteiger partial charge in [0.1, 0.15) is 17.8 Å². The smallest absolute Gasteiger partial charge is 0.309 e. The first-order valence-corrected chi connectivity index (χ1v) is 19.1. The third kappa shape index (κ3) is 5.66. The van der Waals surface area contributed by atoms with Crippen LogP contribution in [0.25, 0.3) is 0 Å². The molecule has 10 heteroatoms. The van der Waals surface area contributed by atoms with E-state index in [1.54, 1.807) is 6.92 Å². The Hall–Kier alpha value is -3.99. The third-order valence-electron chi connectivity index (χ3n) is 12.7. The van der Waals surface area contributed by atoms with E-state index in [1.807, 2.05) is 91.0 Å². The highest BCUT2D eigenvalue weighted by Crippen LogP contribution is 2.71. The Balaban J connectivity index is 1.19. The van der Waals surface area contributed by atoms with Crippen molar-refractivity contribution in [2.45, 2.75) is 75.1 Å². The maximum absolute atomic E-state index is 17.7. The Kier molecular flexibility index (Phi) is 9.87. The molecule has 0 bridgehead atoms. The van der Waals surface area contributed by atoms with Crippen LogP contribution in [0.1, 0.15) is 62.6 Å². The molecule has 0 unspecified atom stereocenters. The third-order valence-corrected chi connectivity index (χ3v) is 13.4. The van der Waals surface area contributed by atoms with Gasteiger partial charge in [-0.1, -0.05) is 104 Å². The van der Waals surface area contributed by atoms with E-state index in [0.29, 0.717) is 11.8 Å². The molecular weight excluding hydrogens is 702 g/mol. The standard InChI is InChI=1S/C43H43F3O6S/c1-39-21-18-31(47)24-34(39)35(45)25-33-32-19-22-41(38(50)53-27-44,40(32,2)26-36(48)43(33,39)46)52-37(49)20-23-51-42(28-12-6-3-7-13-28,29-14-8-4-9-15-29)30-16-10-5-11-17-30/h3-18,21,24,32-33,35-36,48H,19-20,22-23,25-27H2,1-2H3/t32-,33-,35-,36-,39-,40-,41-,43-/m0/s1. The number of thioether (sulfide) groups is 1. The molecule has 0 saturated heterocycles. The minimum atomic E-state index is -2.37. The summed E-state index contributed by atoms with van der Waals surface area (Å²) in [7, 11) is 0. The van der Waals surface area contributed by atoms with Crippen LogP contribution < -0.4 is 0 Å². The maximum atomic E-state index is 17.7. The number of aliphatic hydroxyl groups is 1. The lowest BCUT2D eigenvalue weighted by Crippen LogP contribution is -2.70. The zero-order valence-electron chi connectivity index (χ0n) is 29.7. The predicted octanol–water partition coefficient (Wildman–Crippen LogP) is 8.17. The molecule has 0 heterocycles. The van der Waals surface area contributed by atoms with Crippen LogP contribution in [0, 0.1) is 22.7 Å². The van der Waals surface area contributed by atoms with Crippen LogP contribution in [0.5, 0.6) is 0 Å². The van der Waals surface area contributed by atoms with Crippen LogP contribution in [-0.4, -0.2) is 58.1 Å². The Labute approximate surface area is 311 Å². The van der Waals surface area contributed by atoms with Crippen molar-refractivity contribution in [3.8, 4) is 0 Å². The summed E-state index contributed by atoms with van der Waals surface area (Å²) in [6.07, 6.45) is -0.456. The van der Waals surface area contributed by atoms with E-state index >= 15 is 8.78 Å². The number of esters is 1. The number of alkyl halides is 3. The summed E-state index contributed by atoms with van der Waals surface area (Å²) in [6, 6.07) is 27.8. The monoisotopic (exact) mass is 744 g/mol. The van der Waals surface area contributed by atoms with Gasteiger partial charge in [0.05, 0.1) is 19.1 Å². The van der Waals surface area contributed by atoms with Gasteiger partial charge in [-0.25, -0.2) is 13.2 Å². The number of ketones is 1. The summed E-state index contributed by atoms with van der Waals surface area (Å²) in [6.45, 7) is 3.04. The lowest BCUT2D eigenvalue weighted by molar-refractivity contribution is -0.226. The number of ether oxygens (including phenoxy) is 2. The number of hydrogen-bond donors (Lipinski definition) is 1. The molecule has 4 aliphatic rings. The zero-order valence-corrected chi connectivity index (χ0v) is 30.5. The van der Waals surface area contributed by atoms with Gasteiger partial charge < -0.3 is 14.6 Å². The average molecular weight is 745 g/mol.